The summed E-state index contributed by atoms with van der Waals surface area (Å²) in [4.78, 5) is 17.4. The van der Waals surface area contributed by atoms with E-state index in [1.165, 1.54) is 0 Å². The molecular formula is C14H28N2O2. The monoisotopic (exact) mass is 256 g/mol. The van der Waals surface area contributed by atoms with Gasteiger partial charge in [-0.25, -0.2) is 5.48 Å². The molecule has 1 aliphatic carbocycles. The Morgan fingerprint density at radius 2 is 2.06 bits per heavy atom. The highest BCUT2D eigenvalue weighted by Gasteiger charge is 2.45. The van der Waals surface area contributed by atoms with Crippen molar-refractivity contribution in [2.75, 3.05) is 6.61 Å². The molecule has 1 fully saturated rings. The molecule has 0 aromatic carbocycles. The number of carbonyl (C=O) groups excluding carboxylic acids is 1. The van der Waals surface area contributed by atoms with E-state index in [0.717, 1.165) is 12.8 Å². The molecule has 0 saturated heterocycles. The quantitative estimate of drug-likeness (QED) is 0.757. The number of amides is 1. The van der Waals surface area contributed by atoms with Crippen molar-refractivity contribution in [3.05, 3.63) is 0 Å². The van der Waals surface area contributed by atoms with Crippen molar-refractivity contribution in [2.24, 2.45) is 28.9 Å². The van der Waals surface area contributed by atoms with Gasteiger partial charge in [0.25, 0.3) is 0 Å². The van der Waals surface area contributed by atoms with Gasteiger partial charge in [0.2, 0.25) is 5.91 Å². The third-order valence-corrected chi connectivity index (χ3v) is 4.41. The summed E-state index contributed by atoms with van der Waals surface area (Å²) in [5.41, 5.74) is 8.61. The van der Waals surface area contributed by atoms with Crippen LogP contribution in [0.15, 0.2) is 0 Å². The molecule has 3 N–H and O–H groups in total. The average molecular weight is 256 g/mol. The number of nitrogens with two attached hydrogens (primary N) is 1. The van der Waals surface area contributed by atoms with Crippen molar-refractivity contribution in [1.82, 2.24) is 5.48 Å². The van der Waals surface area contributed by atoms with Gasteiger partial charge >= 0.3 is 0 Å². The fraction of sp³-hybridized carbons (Fsp3) is 0.929. The van der Waals surface area contributed by atoms with Crippen LogP contribution in [0.1, 0.15) is 47.5 Å². The van der Waals surface area contributed by atoms with Crippen molar-refractivity contribution in [1.29, 1.82) is 0 Å². The van der Waals surface area contributed by atoms with E-state index in [1.54, 1.807) is 0 Å². The van der Waals surface area contributed by atoms with E-state index in [2.05, 4.69) is 40.1 Å². The van der Waals surface area contributed by atoms with Crippen molar-refractivity contribution in [3.63, 3.8) is 0 Å². The summed E-state index contributed by atoms with van der Waals surface area (Å²) in [5, 5.41) is 0. The molecule has 0 aromatic rings. The Morgan fingerprint density at radius 3 is 2.61 bits per heavy atom. The lowest BCUT2D eigenvalue weighted by Gasteiger charge is -2.45. The van der Waals surface area contributed by atoms with Crippen LogP contribution in [0.2, 0.25) is 0 Å². The first-order valence-electron chi connectivity index (χ1n) is 6.94. The van der Waals surface area contributed by atoms with E-state index >= 15 is 0 Å². The normalized spacial score (nSPS) is 31.4. The highest BCUT2D eigenvalue weighted by Crippen LogP contribution is 2.44. The van der Waals surface area contributed by atoms with E-state index in [0.29, 0.717) is 18.4 Å². The lowest BCUT2D eigenvalue weighted by atomic mass is 9.61. The van der Waals surface area contributed by atoms with Crippen LogP contribution in [-0.2, 0) is 9.63 Å². The third kappa shape index (κ3) is 3.45. The van der Waals surface area contributed by atoms with Crippen molar-refractivity contribution >= 4 is 5.91 Å². The average Bonchev–Trinajstić information content (AvgIpc) is 2.25. The predicted molar refractivity (Wildman–Crippen MR) is 72.6 cm³/mol. The fourth-order valence-corrected chi connectivity index (χ4v) is 2.67. The number of hydrogen-bond donors (Lipinski definition) is 2. The zero-order valence-corrected chi connectivity index (χ0v) is 12.3. The second-order valence-electron chi connectivity index (χ2n) is 6.57. The second-order valence-corrected chi connectivity index (χ2v) is 6.57. The Hall–Kier alpha value is -0.610. The molecule has 0 heterocycles. The molecule has 0 aliphatic heterocycles. The van der Waals surface area contributed by atoms with Crippen molar-refractivity contribution in [3.8, 4) is 0 Å². The maximum absolute atomic E-state index is 12.2. The molecule has 0 bridgehead atoms. The minimum absolute atomic E-state index is 0.000556. The smallest absolute Gasteiger partial charge is 0.247 e. The Bertz CT molecular complexity index is 290. The van der Waals surface area contributed by atoms with E-state index < -0.39 is 0 Å². The Balaban J connectivity index is 2.57. The van der Waals surface area contributed by atoms with Gasteiger partial charge in [0.1, 0.15) is 0 Å². The van der Waals surface area contributed by atoms with Gasteiger partial charge in [0.05, 0.1) is 6.61 Å². The molecule has 18 heavy (non-hydrogen) atoms. The Kier molecular flexibility index (Phi) is 5.17. The molecule has 0 aromatic heterocycles. The highest BCUT2D eigenvalue weighted by atomic mass is 16.6. The largest absolute Gasteiger partial charge is 0.327 e. The molecule has 0 radical (unpaired) electrons. The summed E-state index contributed by atoms with van der Waals surface area (Å²) in [7, 11) is 0. The van der Waals surface area contributed by atoms with Crippen LogP contribution in [0.3, 0.4) is 0 Å². The fourth-order valence-electron chi connectivity index (χ4n) is 2.67. The minimum atomic E-state index is -0.0804. The maximum atomic E-state index is 12.2. The molecule has 4 heteroatoms. The molecule has 1 amide bonds. The topological polar surface area (TPSA) is 64.3 Å². The molecule has 3 unspecified atom stereocenters. The molecule has 1 rings (SSSR count). The minimum Gasteiger partial charge on any atom is -0.327 e. The molecular weight excluding hydrogens is 228 g/mol. The van der Waals surface area contributed by atoms with E-state index in [-0.39, 0.29) is 23.3 Å². The number of carbonyl (C=O) groups is 1. The second kappa shape index (κ2) is 6.02. The van der Waals surface area contributed by atoms with Crippen molar-refractivity contribution in [2.45, 2.75) is 53.5 Å². The highest BCUT2D eigenvalue weighted by molar-refractivity contribution is 5.78. The summed E-state index contributed by atoms with van der Waals surface area (Å²) in [6, 6.07) is 0.195. The lowest BCUT2D eigenvalue weighted by molar-refractivity contribution is -0.146. The van der Waals surface area contributed by atoms with Gasteiger partial charge in [0, 0.05) is 12.0 Å². The van der Waals surface area contributed by atoms with E-state index in [1.807, 2.05) is 0 Å². The summed E-state index contributed by atoms with van der Waals surface area (Å²) in [6.45, 7) is 11.1. The van der Waals surface area contributed by atoms with Crippen LogP contribution in [0.5, 0.6) is 0 Å². The van der Waals surface area contributed by atoms with Gasteiger partial charge in [0.15, 0.2) is 0 Å². The Morgan fingerprint density at radius 1 is 1.44 bits per heavy atom. The molecule has 0 spiro atoms. The van der Waals surface area contributed by atoms with Gasteiger partial charge in [-0.15, -0.1) is 0 Å². The molecule has 106 valence electrons. The van der Waals surface area contributed by atoms with Crippen LogP contribution in [0, 0.1) is 23.2 Å². The molecule has 1 aliphatic rings. The summed E-state index contributed by atoms with van der Waals surface area (Å²) >= 11 is 0. The van der Waals surface area contributed by atoms with Crippen LogP contribution in [0.25, 0.3) is 0 Å². The van der Waals surface area contributed by atoms with Gasteiger partial charge in [-0.3, -0.25) is 9.63 Å². The van der Waals surface area contributed by atoms with Gasteiger partial charge in [-0.05, 0) is 30.1 Å². The maximum Gasteiger partial charge on any atom is 0.247 e. The van der Waals surface area contributed by atoms with Crippen LogP contribution in [0.4, 0.5) is 0 Å². The van der Waals surface area contributed by atoms with Crippen molar-refractivity contribution < 1.29 is 9.63 Å². The molecule has 3 atom stereocenters. The first-order chi connectivity index (χ1) is 8.26. The molecule has 4 nitrogen and oxygen atoms in total. The number of rotatable bonds is 4. The summed E-state index contributed by atoms with van der Waals surface area (Å²) in [6.07, 6.45) is 1.75. The number of nitrogens with one attached hydrogen (secondary N) is 1. The first kappa shape index (κ1) is 15.4. The number of hydrogen-bond acceptors (Lipinski definition) is 3. The standard InChI is InChI=1S/C14H28N2O2/c1-9(2)8-18-16-13(17)11-6-7-12(15)10(3)14(11,4)5/h9-12H,6-8,15H2,1-5H3,(H,16,17). The van der Waals surface area contributed by atoms with Crippen LogP contribution in [-0.4, -0.2) is 18.6 Å². The first-order valence-corrected chi connectivity index (χ1v) is 6.94. The summed E-state index contributed by atoms with van der Waals surface area (Å²) < 4.78 is 0. The zero-order chi connectivity index (χ0) is 13.9. The van der Waals surface area contributed by atoms with Crippen LogP contribution >= 0.6 is 0 Å². The summed E-state index contributed by atoms with van der Waals surface area (Å²) in [5.74, 6) is 0.739. The van der Waals surface area contributed by atoms with E-state index in [9.17, 15) is 4.79 Å². The SMILES string of the molecule is CC(C)CONC(=O)C1CCC(N)C(C)C1(C)C. The van der Waals surface area contributed by atoms with E-state index in [4.69, 9.17) is 10.6 Å². The van der Waals surface area contributed by atoms with Gasteiger partial charge in [-0.1, -0.05) is 34.6 Å². The third-order valence-electron chi connectivity index (χ3n) is 4.41. The molecule has 1 saturated carbocycles. The predicted octanol–water partition coefficient (Wildman–Crippen LogP) is 2.09. The zero-order valence-electron chi connectivity index (χ0n) is 12.3. The van der Waals surface area contributed by atoms with Gasteiger partial charge in [-0.2, -0.15) is 0 Å². The van der Waals surface area contributed by atoms with Crippen LogP contribution < -0.4 is 11.2 Å². The lowest BCUT2D eigenvalue weighted by Crippen LogP contribution is -2.51. The Labute approximate surface area is 111 Å². The van der Waals surface area contributed by atoms with Gasteiger partial charge < -0.3 is 5.73 Å². The number of hydroxylamine groups is 1.